The minimum Gasteiger partial charge on any atom is -0.346 e. The second-order valence-corrected chi connectivity index (χ2v) is 7.29. The average Bonchev–Trinajstić information content (AvgIpc) is 3.33. The molecule has 0 unspecified atom stereocenters. The van der Waals surface area contributed by atoms with Crippen LogP contribution in [0.5, 0.6) is 0 Å². The fraction of sp³-hybridized carbons (Fsp3) is 0.250. The summed E-state index contributed by atoms with van der Waals surface area (Å²) in [5.41, 5.74) is 2.20. The summed E-state index contributed by atoms with van der Waals surface area (Å²) in [6.07, 6.45) is -0.946. The number of imidazole rings is 1. The van der Waals surface area contributed by atoms with Crippen molar-refractivity contribution in [2.24, 2.45) is 0 Å². The molecule has 2 aromatic carbocycles. The smallest absolute Gasteiger partial charge is 0.297 e. The lowest BCUT2D eigenvalue weighted by Crippen LogP contribution is -2.25. The van der Waals surface area contributed by atoms with Gasteiger partial charge in [-0.1, -0.05) is 23.7 Å². The molecule has 8 heteroatoms. The van der Waals surface area contributed by atoms with Crippen molar-refractivity contribution >= 4 is 39.4 Å². The van der Waals surface area contributed by atoms with E-state index in [0.717, 1.165) is 35.1 Å². The third-order valence-electron chi connectivity index (χ3n) is 5.10. The van der Waals surface area contributed by atoms with E-state index in [4.69, 9.17) is 16.6 Å². The molecule has 28 heavy (non-hydrogen) atoms. The molecule has 3 heterocycles. The van der Waals surface area contributed by atoms with Gasteiger partial charge in [0.1, 0.15) is 11.6 Å². The standard InChI is InChI=1S/C20H16ClF2N5/c21-11-7-8-14-15(10-11)26-18(25-14)16-6-3-9-28(16)20-12-4-1-2-5-13(12)24-19(27-20)17(22)23/h1-2,4-5,7-8,10,16-17H,3,6,9H2,(H,25,26)/t16-/m1/s1. The van der Waals surface area contributed by atoms with Gasteiger partial charge in [-0.3, -0.25) is 0 Å². The van der Waals surface area contributed by atoms with Crippen LogP contribution in [0.2, 0.25) is 5.02 Å². The molecule has 0 aliphatic carbocycles. The summed E-state index contributed by atoms with van der Waals surface area (Å²) >= 11 is 6.08. The molecule has 1 atom stereocenters. The molecule has 0 saturated carbocycles. The summed E-state index contributed by atoms with van der Waals surface area (Å²) in [6.45, 7) is 0.714. The quantitative estimate of drug-likeness (QED) is 0.498. The van der Waals surface area contributed by atoms with Crippen LogP contribution in [0.25, 0.3) is 21.9 Å². The van der Waals surface area contributed by atoms with E-state index in [2.05, 4.69) is 19.9 Å². The lowest BCUT2D eigenvalue weighted by Gasteiger charge is -2.25. The maximum absolute atomic E-state index is 13.4. The van der Waals surface area contributed by atoms with E-state index in [0.29, 0.717) is 22.9 Å². The zero-order valence-electron chi connectivity index (χ0n) is 14.7. The van der Waals surface area contributed by atoms with Crippen LogP contribution in [0, 0.1) is 0 Å². The lowest BCUT2D eigenvalue weighted by molar-refractivity contribution is 0.141. The first-order valence-electron chi connectivity index (χ1n) is 9.07. The van der Waals surface area contributed by atoms with Gasteiger partial charge in [0, 0.05) is 17.0 Å². The highest BCUT2D eigenvalue weighted by atomic mass is 35.5. The Morgan fingerprint density at radius 1 is 1.07 bits per heavy atom. The summed E-state index contributed by atoms with van der Waals surface area (Å²) in [4.78, 5) is 18.3. The largest absolute Gasteiger partial charge is 0.346 e. The third kappa shape index (κ3) is 2.86. The number of benzene rings is 2. The summed E-state index contributed by atoms with van der Waals surface area (Å²) in [5, 5.41) is 1.40. The number of alkyl halides is 2. The molecule has 0 amide bonds. The van der Waals surface area contributed by atoms with Crippen LogP contribution in [0.4, 0.5) is 14.6 Å². The Morgan fingerprint density at radius 2 is 1.93 bits per heavy atom. The third-order valence-corrected chi connectivity index (χ3v) is 5.33. The zero-order chi connectivity index (χ0) is 19.3. The summed E-state index contributed by atoms with van der Waals surface area (Å²) in [6, 6.07) is 12.7. The molecule has 5 nitrogen and oxygen atoms in total. The molecule has 1 fully saturated rings. The molecule has 0 bridgehead atoms. The maximum Gasteiger partial charge on any atom is 0.297 e. The number of halogens is 3. The number of H-pyrrole nitrogens is 1. The van der Waals surface area contributed by atoms with Gasteiger partial charge in [0.15, 0.2) is 5.82 Å². The predicted octanol–water partition coefficient (Wildman–Crippen LogP) is 5.44. The SMILES string of the molecule is FC(F)c1nc(N2CCC[C@@H]2c2nc3ccc(Cl)cc3[nH]2)c2ccccc2n1. The van der Waals surface area contributed by atoms with Crippen LogP contribution in [0.1, 0.15) is 37.0 Å². The Hall–Kier alpha value is -2.80. The van der Waals surface area contributed by atoms with Gasteiger partial charge in [-0.25, -0.2) is 23.7 Å². The van der Waals surface area contributed by atoms with Crippen molar-refractivity contribution in [2.75, 3.05) is 11.4 Å². The van der Waals surface area contributed by atoms with Crippen LogP contribution in [-0.4, -0.2) is 26.5 Å². The Kier molecular flexibility index (Phi) is 4.12. The highest BCUT2D eigenvalue weighted by Crippen LogP contribution is 2.38. The summed E-state index contributed by atoms with van der Waals surface area (Å²) in [7, 11) is 0. The average molecular weight is 400 g/mol. The number of aromatic nitrogens is 4. The van der Waals surface area contributed by atoms with E-state index in [1.807, 2.05) is 24.3 Å². The molecule has 4 aromatic rings. The fourth-order valence-electron chi connectivity index (χ4n) is 3.86. The molecule has 0 radical (unpaired) electrons. The molecular formula is C20H16ClF2N5. The predicted molar refractivity (Wildman–Crippen MR) is 105 cm³/mol. The van der Waals surface area contributed by atoms with Gasteiger partial charge in [-0.2, -0.15) is 0 Å². The summed E-state index contributed by atoms with van der Waals surface area (Å²) < 4.78 is 26.8. The molecule has 0 spiro atoms. The highest BCUT2D eigenvalue weighted by molar-refractivity contribution is 6.31. The van der Waals surface area contributed by atoms with E-state index in [1.165, 1.54) is 0 Å². The Labute approximate surface area is 164 Å². The molecule has 2 aromatic heterocycles. The number of nitrogens with one attached hydrogen (secondary N) is 1. The van der Waals surface area contributed by atoms with E-state index in [9.17, 15) is 8.78 Å². The number of fused-ring (bicyclic) bond motifs is 2. The molecule has 1 aliphatic heterocycles. The first-order valence-corrected chi connectivity index (χ1v) is 9.44. The van der Waals surface area contributed by atoms with E-state index in [1.54, 1.807) is 18.2 Å². The number of rotatable bonds is 3. The van der Waals surface area contributed by atoms with Gasteiger partial charge in [-0.05, 0) is 43.2 Å². The van der Waals surface area contributed by atoms with Crippen LogP contribution in [0.15, 0.2) is 42.5 Å². The Bertz CT molecular complexity index is 1180. The number of hydrogen-bond acceptors (Lipinski definition) is 4. The molecular weight excluding hydrogens is 384 g/mol. The molecule has 5 rings (SSSR count). The van der Waals surface area contributed by atoms with Crippen molar-refractivity contribution in [3.63, 3.8) is 0 Å². The summed E-state index contributed by atoms with van der Waals surface area (Å²) in [5.74, 6) is 0.869. The normalized spacial score (nSPS) is 17.3. The second-order valence-electron chi connectivity index (χ2n) is 6.86. The van der Waals surface area contributed by atoms with Gasteiger partial charge in [-0.15, -0.1) is 0 Å². The van der Waals surface area contributed by atoms with Crippen molar-refractivity contribution in [3.8, 4) is 0 Å². The van der Waals surface area contributed by atoms with Crippen molar-refractivity contribution in [1.29, 1.82) is 0 Å². The second kappa shape index (κ2) is 6.67. The molecule has 1 aliphatic rings. The number of para-hydroxylation sites is 1. The van der Waals surface area contributed by atoms with Crippen molar-refractivity contribution in [1.82, 2.24) is 19.9 Å². The fourth-order valence-corrected chi connectivity index (χ4v) is 4.03. The maximum atomic E-state index is 13.4. The van der Waals surface area contributed by atoms with Crippen LogP contribution >= 0.6 is 11.6 Å². The van der Waals surface area contributed by atoms with Crippen molar-refractivity contribution < 1.29 is 8.78 Å². The van der Waals surface area contributed by atoms with Crippen LogP contribution in [-0.2, 0) is 0 Å². The topological polar surface area (TPSA) is 57.7 Å². The lowest BCUT2D eigenvalue weighted by atomic mass is 10.2. The minimum atomic E-state index is -2.72. The first kappa shape index (κ1) is 17.3. The van der Waals surface area contributed by atoms with E-state index in [-0.39, 0.29) is 6.04 Å². The van der Waals surface area contributed by atoms with Crippen LogP contribution in [0.3, 0.4) is 0 Å². The zero-order valence-corrected chi connectivity index (χ0v) is 15.5. The van der Waals surface area contributed by atoms with Gasteiger partial charge >= 0.3 is 0 Å². The van der Waals surface area contributed by atoms with Crippen molar-refractivity contribution in [2.45, 2.75) is 25.3 Å². The van der Waals surface area contributed by atoms with Crippen LogP contribution < -0.4 is 4.90 Å². The molecule has 1 N–H and O–H groups in total. The number of hydrogen-bond donors (Lipinski definition) is 1. The van der Waals surface area contributed by atoms with Gasteiger partial charge < -0.3 is 9.88 Å². The molecule has 1 saturated heterocycles. The number of anilines is 1. The Morgan fingerprint density at radius 3 is 2.79 bits per heavy atom. The first-order chi connectivity index (χ1) is 13.6. The van der Waals surface area contributed by atoms with E-state index < -0.39 is 12.2 Å². The van der Waals surface area contributed by atoms with Gasteiger partial charge in [0.2, 0.25) is 0 Å². The van der Waals surface area contributed by atoms with Gasteiger partial charge in [0.05, 0.1) is 22.6 Å². The number of nitrogens with zero attached hydrogens (tertiary/aromatic N) is 4. The Balaban J connectivity index is 1.63. The van der Waals surface area contributed by atoms with Crippen molar-refractivity contribution in [3.05, 3.63) is 59.1 Å². The monoisotopic (exact) mass is 399 g/mol. The minimum absolute atomic E-state index is 0.0741. The highest BCUT2D eigenvalue weighted by Gasteiger charge is 2.31. The number of aromatic amines is 1. The van der Waals surface area contributed by atoms with Gasteiger partial charge in [0.25, 0.3) is 6.43 Å². The molecule has 142 valence electrons. The van der Waals surface area contributed by atoms with E-state index >= 15 is 0 Å².